The van der Waals surface area contributed by atoms with Gasteiger partial charge in [-0.1, -0.05) is 32.9 Å². The summed E-state index contributed by atoms with van der Waals surface area (Å²) < 4.78 is 6.67. The van der Waals surface area contributed by atoms with Gasteiger partial charge in [-0.3, -0.25) is 0 Å². The smallest absolute Gasteiger partial charge is 0.135 e. The van der Waals surface area contributed by atoms with Gasteiger partial charge in [0.2, 0.25) is 0 Å². The van der Waals surface area contributed by atoms with Crippen LogP contribution in [0.15, 0.2) is 34.9 Å². The molecule has 0 bridgehead atoms. The quantitative estimate of drug-likeness (QED) is 0.752. The molecule has 0 amide bonds. The molecule has 0 spiro atoms. The van der Waals surface area contributed by atoms with E-state index in [1.165, 1.54) is 0 Å². The average molecular weight is 347 g/mol. The number of benzene rings is 1. The van der Waals surface area contributed by atoms with Crippen LogP contribution in [0, 0.1) is 0 Å². The molecule has 3 nitrogen and oxygen atoms in total. The van der Waals surface area contributed by atoms with Crippen molar-refractivity contribution in [3.8, 4) is 17.0 Å². The lowest BCUT2D eigenvalue weighted by Gasteiger charge is -2.17. The SMILES string of the molecule is CC(C)(C)c1nc(Br)cc(-c2cccc(OC3CC3)c2)n1. The summed E-state index contributed by atoms with van der Waals surface area (Å²) in [5, 5.41) is 0. The molecular weight excluding hydrogens is 328 g/mol. The first-order valence-corrected chi connectivity index (χ1v) is 8.03. The molecular formula is C17H19BrN2O. The highest BCUT2D eigenvalue weighted by Gasteiger charge is 2.24. The van der Waals surface area contributed by atoms with Gasteiger partial charge >= 0.3 is 0 Å². The Balaban J connectivity index is 1.97. The minimum absolute atomic E-state index is 0.0827. The molecule has 1 aliphatic rings. The summed E-state index contributed by atoms with van der Waals surface area (Å²) in [6, 6.07) is 10.1. The van der Waals surface area contributed by atoms with Gasteiger partial charge in [0, 0.05) is 11.0 Å². The Morgan fingerprint density at radius 1 is 1.14 bits per heavy atom. The third kappa shape index (κ3) is 3.62. The van der Waals surface area contributed by atoms with E-state index < -0.39 is 0 Å². The van der Waals surface area contributed by atoms with Crippen LogP contribution in [0.4, 0.5) is 0 Å². The maximum Gasteiger partial charge on any atom is 0.135 e. The largest absolute Gasteiger partial charge is 0.490 e. The molecule has 21 heavy (non-hydrogen) atoms. The Morgan fingerprint density at radius 2 is 1.90 bits per heavy atom. The Morgan fingerprint density at radius 3 is 2.57 bits per heavy atom. The predicted octanol–water partition coefficient (Wildman–Crippen LogP) is 4.74. The molecule has 0 aliphatic heterocycles. The number of rotatable bonds is 3. The van der Waals surface area contributed by atoms with Crippen LogP contribution < -0.4 is 4.74 Å². The maximum atomic E-state index is 5.86. The zero-order valence-corrected chi connectivity index (χ0v) is 14.1. The summed E-state index contributed by atoms with van der Waals surface area (Å²) >= 11 is 3.49. The maximum absolute atomic E-state index is 5.86. The Hall–Kier alpha value is -1.42. The monoisotopic (exact) mass is 346 g/mol. The van der Waals surface area contributed by atoms with E-state index in [1.54, 1.807) is 0 Å². The molecule has 2 aromatic rings. The molecule has 1 aromatic heterocycles. The van der Waals surface area contributed by atoms with Crippen LogP contribution in [0.2, 0.25) is 0 Å². The lowest BCUT2D eigenvalue weighted by Crippen LogP contribution is -2.16. The summed E-state index contributed by atoms with van der Waals surface area (Å²) in [5.74, 6) is 1.75. The Bertz CT molecular complexity index is 660. The second kappa shape index (κ2) is 5.41. The van der Waals surface area contributed by atoms with Crippen molar-refractivity contribution in [1.82, 2.24) is 9.97 Å². The van der Waals surface area contributed by atoms with Crippen molar-refractivity contribution < 1.29 is 4.74 Å². The highest BCUT2D eigenvalue weighted by Crippen LogP contribution is 2.31. The molecule has 0 N–H and O–H groups in total. The van der Waals surface area contributed by atoms with Crippen molar-refractivity contribution in [2.45, 2.75) is 45.1 Å². The number of ether oxygens (including phenoxy) is 1. The fourth-order valence-electron chi connectivity index (χ4n) is 2.01. The molecule has 4 heteroatoms. The fraction of sp³-hybridized carbons (Fsp3) is 0.412. The zero-order chi connectivity index (χ0) is 15.0. The zero-order valence-electron chi connectivity index (χ0n) is 12.6. The standard InChI is InChI=1S/C17H19BrN2O/c1-17(2,3)16-19-14(10-15(18)20-16)11-5-4-6-13(9-11)21-12-7-8-12/h4-6,9-10,12H,7-8H2,1-3H3. The molecule has 1 fully saturated rings. The van der Waals surface area contributed by atoms with Crippen LogP contribution in [0.1, 0.15) is 39.4 Å². The summed E-state index contributed by atoms with van der Waals surface area (Å²) in [6.07, 6.45) is 2.73. The molecule has 1 aromatic carbocycles. The van der Waals surface area contributed by atoms with E-state index in [4.69, 9.17) is 9.72 Å². The molecule has 0 saturated heterocycles. The van der Waals surface area contributed by atoms with Crippen molar-refractivity contribution in [3.63, 3.8) is 0 Å². The van der Waals surface area contributed by atoms with E-state index in [0.717, 1.165) is 40.3 Å². The molecule has 1 heterocycles. The first-order valence-electron chi connectivity index (χ1n) is 7.24. The molecule has 1 aliphatic carbocycles. The first-order chi connectivity index (χ1) is 9.91. The van der Waals surface area contributed by atoms with Crippen LogP contribution in [-0.4, -0.2) is 16.1 Å². The number of hydrogen-bond acceptors (Lipinski definition) is 3. The summed E-state index contributed by atoms with van der Waals surface area (Å²) in [6.45, 7) is 6.35. The summed E-state index contributed by atoms with van der Waals surface area (Å²) in [7, 11) is 0. The van der Waals surface area contributed by atoms with Gasteiger partial charge in [0.05, 0.1) is 11.8 Å². The fourth-order valence-corrected chi connectivity index (χ4v) is 2.39. The van der Waals surface area contributed by atoms with Crippen LogP contribution >= 0.6 is 15.9 Å². The minimum atomic E-state index is -0.0827. The lowest BCUT2D eigenvalue weighted by atomic mass is 9.95. The summed E-state index contributed by atoms with van der Waals surface area (Å²) in [5.41, 5.74) is 1.89. The van der Waals surface area contributed by atoms with Gasteiger partial charge in [-0.2, -0.15) is 0 Å². The Labute approximate surface area is 133 Å². The van der Waals surface area contributed by atoms with Gasteiger partial charge in [-0.15, -0.1) is 0 Å². The van der Waals surface area contributed by atoms with Crippen molar-refractivity contribution >= 4 is 15.9 Å². The number of aromatic nitrogens is 2. The highest BCUT2D eigenvalue weighted by atomic mass is 79.9. The van der Waals surface area contributed by atoms with Crippen LogP contribution in [-0.2, 0) is 5.41 Å². The topological polar surface area (TPSA) is 35.0 Å². The van der Waals surface area contributed by atoms with Crippen LogP contribution in [0.5, 0.6) is 5.75 Å². The Kier molecular flexibility index (Phi) is 3.74. The molecule has 110 valence electrons. The third-order valence-electron chi connectivity index (χ3n) is 3.32. The van der Waals surface area contributed by atoms with Gasteiger partial charge in [0.1, 0.15) is 16.2 Å². The summed E-state index contributed by atoms with van der Waals surface area (Å²) in [4.78, 5) is 9.20. The second-order valence-electron chi connectivity index (χ2n) is 6.49. The van der Waals surface area contributed by atoms with E-state index >= 15 is 0 Å². The highest BCUT2D eigenvalue weighted by molar-refractivity contribution is 9.10. The first kappa shape index (κ1) is 14.5. The van der Waals surface area contributed by atoms with Crippen molar-refractivity contribution in [2.75, 3.05) is 0 Å². The molecule has 0 unspecified atom stereocenters. The molecule has 0 radical (unpaired) electrons. The van der Waals surface area contributed by atoms with E-state index in [0.29, 0.717) is 6.10 Å². The van der Waals surface area contributed by atoms with Crippen molar-refractivity contribution in [2.24, 2.45) is 0 Å². The van der Waals surface area contributed by atoms with Gasteiger partial charge in [-0.25, -0.2) is 9.97 Å². The second-order valence-corrected chi connectivity index (χ2v) is 7.31. The average Bonchev–Trinajstić information content (AvgIpc) is 3.21. The van der Waals surface area contributed by atoms with E-state index in [9.17, 15) is 0 Å². The van der Waals surface area contributed by atoms with Gasteiger partial charge in [0.15, 0.2) is 0 Å². The minimum Gasteiger partial charge on any atom is -0.490 e. The van der Waals surface area contributed by atoms with E-state index in [1.807, 2.05) is 18.2 Å². The van der Waals surface area contributed by atoms with Crippen molar-refractivity contribution in [3.05, 3.63) is 40.8 Å². The molecule has 0 atom stereocenters. The lowest BCUT2D eigenvalue weighted by molar-refractivity contribution is 0.303. The molecule has 3 rings (SSSR count). The van der Waals surface area contributed by atoms with Gasteiger partial charge in [-0.05, 0) is 47.0 Å². The van der Waals surface area contributed by atoms with Gasteiger partial charge < -0.3 is 4.74 Å². The normalized spacial score (nSPS) is 15.0. The number of hydrogen-bond donors (Lipinski definition) is 0. The third-order valence-corrected chi connectivity index (χ3v) is 3.73. The van der Waals surface area contributed by atoms with Gasteiger partial charge in [0.25, 0.3) is 0 Å². The van der Waals surface area contributed by atoms with E-state index in [-0.39, 0.29) is 5.41 Å². The van der Waals surface area contributed by atoms with Crippen molar-refractivity contribution in [1.29, 1.82) is 0 Å². The van der Waals surface area contributed by atoms with Crippen LogP contribution in [0.25, 0.3) is 11.3 Å². The van der Waals surface area contributed by atoms with Crippen LogP contribution in [0.3, 0.4) is 0 Å². The number of nitrogens with zero attached hydrogens (tertiary/aromatic N) is 2. The predicted molar refractivity (Wildman–Crippen MR) is 87.5 cm³/mol. The number of halogens is 1. The molecule has 1 saturated carbocycles. The van der Waals surface area contributed by atoms with E-state index in [2.05, 4.69) is 53.8 Å².